The number of nitrogens with zero attached hydrogens (tertiary/aromatic N) is 5. The van der Waals surface area contributed by atoms with Gasteiger partial charge in [-0.15, -0.1) is 23.4 Å². The van der Waals surface area contributed by atoms with Gasteiger partial charge in [-0.1, -0.05) is 54.0 Å². The number of allylic oxidation sites excluding steroid dienone is 2. The number of alkyl halides is 3. The van der Waals surface area contributed by atoms with Crippen LogP contribution in [0.1, 0.15) is 132 Å². The van der Waals surface area contributed by atoms with Gasteiger partial charge < -0.3 is 24.0 Å². The van der Waals surface area contributed by atoms with Crippen LogP contribution in [0.25, 0.3) is 11.4 Å². The molecule has 0 spiro atoms. The molecular formula is C48H68F3N5O6. The lowest BCUT2D eigenvalue weighted by Gasteiger charge is -2.72. The van der Waals surface area contributed by atoms with E-state index in [-0.39, 0.29) is 51.8 Å². The lowest BCUT2D eigenvalue weighted by atomic mass is 9.33. The largest absolute Gasteiger partial charge is 0.574 e. The first-order valence-electron chi connectivity index (χ1n) is 22.7. The molecule has 3 unspecified atom stereocenters. The normalized spacial score (nSPS) is 33.2. The van der Waals surface area contributed by atoms with E-state index >= 15 is 0 Å². The summed E-state index contributed by atoms with van der Waals surface area (Å²) in [5.74, 6) is 0.520. The molecule has 0 amide bonds. The number of carboxylic acid groups (broad SMARTS) is 1. The SMILES string of the molecule is CC(C)C1=C2C3CCC4[C@@]5(C)CC[C@H](OC(=O)CC(C)(C)C(=O)O)C(C)(C)C5CC[C@@]4(C)[C@]3(C)CC[C@@]2(Cc2nnc(-c3ccc(OC(F)(F)F)nc3)n2CCN(C)C)CC1=O. The van der Waals surface area contributed by atoms with Gasteiger partial charge in [0.05, 0.1) is 11.8 Å². The molecule has 4 fully saturated rings. The van der Waals surface area contributed by atoms with Crippen molar-refractivity contribution in [3.05, 3.63) is 35.3 Å². The van der Waals surface area contributed by atoms with Gasteiger partial charge in [-0.25, -0.2) is 4.98 Å². The molecule has 0 aromatic carbocycles. The third-order valence-electron chi connectivity index (χ3n) is 17.3. The van der Waals surface area contributed by atoms with Crippen molar-refractivity contribution in [2.24, 2.45) is 56.2 Å². The highest BCUT2D eigenvalue weighted by Gasteiger charge is 2.70. The number of ether oxygens (including phenoxy) is 2. The Morgan fingerprint density at radius 2 is 1.66 bits per heavy atom. The predicted molar refractivity (Wildman–Crippen MR) is 228 cm³/mol. The molecule has 4 saturated carbocycles. The zero-order chi connectivity index (χ0) is 45.6. The van der Waals surface area contributed by atoms with Crippen LogP contribution in [0.3, 0.4) is 0 Å². The molecule has 14 heteroatoms. The molecule has 0 aliphatic heterocycles. The molecule has 11 nitrogen and oxygen atoms in total. The summed E-state index contributed by atoms with van der Waals surface area (Å²) in [6.45, 7) is 20.7. The number of ketones is 1. The smallest absolute Gasteiger partial charge is 0.481 e. The average molecular weight is 868 g/mol. The number of rotatable bonds is 12. The maximum Gasteiger partial charge on any atom is 0.574 e. The second-order valence-corrected chi connectivity index (χ2v) is 22.2. The molecule has 0 radical (unpaired) electrons. The number of pyridine rings is 1. The minimum Gasteiger partial charge on any atom is -0.481 e. The summed E-state index contributed by atoms with van der Waals surface area (Å²) in [7, 11) is 3.97. The van der Waals surface area contributed by atoms with E-state index in [9.17, 15) is 32.7 Å². The van der Waals surface area contributed by atoms with Gasteiger partial charge in [0.15, 0.2) is 11.6 Å². The van der Waals surface area contributed by atoms with E-state index in [0.717, 1.165) is 62.8 Å². The minimum absolute atomic E-state index is 0.00689. The van der Waals surface area contributed by atoms with E-state index in [1.165, 1.54) is 23.9 Å². The van der Waals surface area contributed by atoms with Gasteiger partial charge in [-0.2, -0.15) is 0 Å². The van der Waals surface area contributed by atoms with Gasteiger partial charge in [0.2, 0.25) is 5.88 Å². The van der Waals surface area contributed by atoms with Crippen molar-refractivity contribution in [3.8, 4) is 17.3 Å². The van der Waals surface area contributed by atoms with Crippen LogP contribution in [-0.4, -0.2) is 80.6 Å². The number of esters is 1. The van der Waals surface area contributed by atoms with E-state index in [2.05, 4.69) is 72.8 Å². The number of fused-ring (bicyclic) bond motifs is 7. The third kappa shape index (κ3) is 7.69. The Morgan fingerprint density at radius 1 is 0.952 bits per heavy atom. The highest BCUT2D eigenvalue weighted by atomic mass is 19.4. The maximum absolute atomic E-state index is 14.4. The number of hydrogen-bond donors (Lipinski definition) is 1. The van der Waals surface area contributed by atoms with Gasteiger partial charge >= 0.3 is 18.3 Å². The van der Waals surface area contributed by atoms with Crippen molar-refractivity contribution in [1.82, 2.24) is 24.6 Å². The zero-order valence-electron chi connectivity index (χ0n) is 38.7. The molecule has 0 bridgehead atoms. The number of halogens is 3. The number of Topliss-reactive ketones (excluding diaryl/α,β-unsaturated/α-hetero) is 1. The standard InChI is InChI=1S/C48H68F3N5O6/c1-28(2)38-31(57)24-47(25-35-53-54-40(56(35)23-22-55(10)11)29-12-15-36(52-27-29)62-48(49,50)51)21-20-45(8)30(39(38)47)13-14-33-44(7)18-17-34(61-37(58)26-42(3,4)41(59)60)43(5,6)32(44)16-19-46(33,45)9/h12,15,27-28,30,32-34H,13-14,16-26H2,1-11H3,(H,59,60)/t30?,32?,33?,34-,44-,45+,46+,47-/m0/s1. The summed E-state index contributed by atoms with van der Waals surface area (Å²) in [6.07, 6.45) is 4.56. The summed E-state index contributed by atoms with van der Waals surface area (Å²) in [4.78, 5) is 45.4. The topological polar surface area (TPSA) is 137 Å². The molecule has 5 aliphatic rings. The molecule has 1 N–H and O–H groups in total. The quantitative estimate of drug-likeness (QED) is 0.205. The predicted octanol–water partition coefficient (Wildman–Crippen LogP) is 9.74. The average Bonchev–Trinajstić information content (AvgIpc) is 3.68. The summed E-state index contributed by atoms with van der Waals surface area (Å²) in [6, 6.07) is 2.72. The van der Waals surface area contributed by atoms with Crippen LogP contribution in [0.4, 0.5) is 13.2 Å². The number of aromatic nitrogens is 4. The van der Waals surface area contributed by atoms with Crippen molar-refractivity contribution in [1.29, 1.82) is 0 Å². The van der Waals surface area contributed by atoms with E-state index < -0.39 is 35.0 Å². The van der Waals surface area contributed by atoms with Crippen LogP contribution in [0.2, 0.25) is 0 Å². The molecule has 342 valence electrons. The van der Waals surface area contributed by atoms with E-state index in [4.69, 9.17) is 9.84 Å². The summed E-state index contributed by atoms with van der Waals surface area (Å²) >= 11 is 0. The van der Waals surface area contributed by atoms with Crippen LogP contribution in [-0.2, 0) is 32.1 Å². The second kappa shape index (κ2) is 15.7. The number of carbonyl (C=O) groups excluding carboxylic acids is 2. The van der Waals surface area contributed by atoms with Crippen molar-refractivity contribution in [2.45, 2.75) is 152 Å². The van der Waals surface area contributed by atoms with E-state index in [1.807, 2.05) is 14.1 Å². The summed E-state index contributed by atoms with van der Waals surface area (Å²) in [5.41, 5.74) is 0.861. The highest BCUT2D eigenvalue weighted by molar-refractivity contribution is 6.00. The van der Waals surface area contributed by atoms with Gasteiger partial charge in [-0.05, 0) is 131 Å². The Morgan fingerprint density at radius 3 is 2.27 bits per heavy atom. The molecule has 0 saturated heterocycles. The number of likely N-dealkylation sites (N-methyl/N-ethyl adjacent to an activating group) is 1. The maximum atomic E-state index is 14.4. The Bertz CT molecular complexity index is 2110. The molecule has 62 heavy (non-hydrogen) atoms. The molecule has 5 aliphatic carbocycles. The van der Waals surface area contributed by atoms with E-state index in [0.29, 0.717) is 49.2 Å². The molecule has 7 rings (SSSR count). The number of carbonyl (C=O) groups is 3. The highest BCUT2D eigenvalue weighted by Crippen LogP contribution is 2.77. The van der Waals surface area contributed by atoms with Gasteiger partial charge in [0.25, 0.3) is 0 Å². The molecule has 2 heterocycles. The Hall–Kier alpha value is -3.81. The first kappa shape index (κ1) is 46.2. The molecule has 2 aromatic rings. The summed E-state index contributed by atoms with van der Waals surface area (Å²) in [5, 5.41) is 19.1. The van der Waals surface area contributed by atoms with Gasteiger partial charge in [-0.3, -0.25) is 14.4 Å². The second-order valence-electron chi connectivity index (χ2n) is 22.2. The molecule has 8 atom stereocenters. The lowest BCUT2D eigenvalue weighted by molar-refractivity contribution is -0.276. The number of hydrogen-bond acceptors (Lipinski definition) is 9. The molecular weight excluding hydrogens is 800 g/mol. The van der Waals surface area contributed by atoms with Crippen molar-refractivity contribution in [2.75, 3.05) is 20.6 Å². The minimum atomic E-state index is -4.85. The van der Waals surface area contributed by atoms with Crippen LogP contribution in [0, 0.1) is 56.2 Å². The first-order chi connectivity index (χ1) is 28.7. The van der Waals surface area contributed by atoms with Gasteiger partial charge in [0.1, 0.15) is 11.9 Å². The fourth-order valence-electron chi connectivity index (χ4n) is 14.0. The van der Waals surface area contributed by atoms with Crippen LogP contribution in [0.15, 0.2) is 29.5 Å². The number of aliphatic carboxylic acids is 1. The Labute approximate surface area is 365 Å². The van der Waals surface area contributed by atoms with Crippen LogP contribution < -0.4 is 4.74 Å². The summed E-state index contributed by atoms with van der Waals surface area (Å²) < 4.78 is 51.1. The Kier molecular flexibility index (Phi) is 11.7. The first-order valence-corrected chi connectivity index (χ1v) is 22.7. The molecule has 2 aromatic heterocycles. The Balaban J connectivity index is 1.20. The van der Waals surface area contributed by atoms with Gasteiger partial charge in [0, 0.05) is 54.6 Å². The number of carboxylic acids is 1. The van der Waals surface area contributed by atoms with Crippen LogP contribution in [0.5, 0.6) is 5.88 Å². The fraction of sp³-hybridized carbons (Fsp3) is 0.750. The van der Waals surface area contributed by atoms with Crippen molar-refractivity contribution in [3.63, 3.8) is 0 Å². The third-order valence-corrected chi connectivity index (χ3v) is 17.3. The zero-order valence-corrected chi connectivity index (χ0v) is 38.7. The lowest BCUT2D eigenvalue weighted by Crippen LogP contribution is -2.65. The fourth-order valence-corrected chi connectivity index (χ4v) is 14.0. The van der Waals surface area contributed by atoms with E-state index in [1.54, 1.807) is 13.8 Å². The van der Waals surface area contributed by atoms with Crippen molar-refractivity contribution < 1.29 is 42.1 Å². The van der Waals surface area contributed by atoms with Crippen LogP contribution >= 0.6 is 0 Å². The monoisotopic (exact) mass is 868 g/mol. The van der Waals surface area contributed by atoms with Crippen molar-refractivity contribution >= 4 is 17.7 Å².